The van der Waals surface area contributed by atoms with Crippen LogP contribution in [0.4, 0.5) is 0 Å². The lowest BCUT2D eigenvalue weighted by Gasteiger charge is -2.33. The monoisotopic (exact) mass is 293 g/mol. The molecule has 1 aromatic rings. The third-order valence-corrected chi connectivity index (χ3v) is 5.10. The van der Waals surface area contributed by atoms with Gasteiger partial charge in [0, 0.05) is 29.8 Å². The first-order valence-corrected chi connectivity index (χ1v) is 7.89. The minimum atomic E-state index is -0.778. The number of fused-ring (bicyclic) bond motifs is 1. The molecule has 1 saturated heterocycles. The zero-order valence-electron chi connectivity index (χ0n) is 11.3. The van der Waals surface area contributed by atoms with Crippen LogP contribution in [0.3, 0.4) is 0 Å². The number of carboxylic acids is 1. The summed E-state index contributed by atoms with van der Waals surface area (Å²) in [5.74, 6) is -0.778. The molecule has 108 valence electrons. The molecule has 0 spiro atoms. The smallest absolute Gasteiger partial charge is 0.306 e. The van der Waals surface area contributed by atoms with E-state index in [9.17, 15) is 4.79 Å². The quantitative estimate of drug-likeness (QED) is 0.918. The molecule has 2 atom stereocenters. The highest BCUT2D eigenvalue weighted by Crippen LogP contribution is 2.37. The van der Waals surface area contributed by atoms with Gasteiger partial charge in [-0.25, -0.2) is 0 Å². The number of benzene rings is 1. The molecule has 2 unspecified atom stereocenters. The Bertz CT molecular complexity index is 469. The first kappa shape index (κ1) is 13.9. The van der Waals surface area contributed by atoms with Crippen LogP contribution in [-0.4, -0.2) is 53.6 Å². The average molecular weight is 293 g/mol. The van der Waals surface area contributed by atoms with Gasteiger partial charge >= 0.3 is 5.97 Å². The molecule has 5 heteroatoms. The van der Waals surface area contributed by atoms with Gasteiger partial charge in [-0.05, 0) is 18.1 Å². The van der Waals surface area contributed by atoms with E-state index in [2.05, 4.69) is 29.2 Å². The second-order valence-corrected chi connectivity index (χ2v) is 6.74. The summed E-state index contributed by atoms with van der Waals surface area (Å²) >= 11 is 1.95. The molecule has 3 rings (SSSR count). The lowest BCUT2D eigenvalue weighted by molar-refractivity contribution is -0.142. The van der Waals surface area contributed by atoms with Crippen LogP contribution in [0.15, 0.2) is 29.2 Å². The number of carboxylic acid groups (broad SMARTS) is 1. The van der Waals surface area contributed by atoms with E-state index in [1.165, 1.54) is 10.5 Å². The molecule has 0 bridgehead atoms. The number of nitrogens with zero attached hydrogens (tertiary/aromatic N) is 1. The average Bonchev–Trinajstić information content (AvgIpc) is 2.80. The highest BCUT2D eigenvalue weighted by molar-refractivity contribution is 8.00. The van der Waals surface area contributed by atoms with Gasteiger partial charge in [-0.15, -0.1) is 11.8 Å². The van der Waals surface area contributed by atoms with Crippen molar-refractivity contribution in [2.75, 3.05) is 26.2 Å². The van der Waals surface area contributed by atoms with Crippen LogP contribution in [0.5, 0.6) is 0 Å². The number of ether oxygens (including phenoxy) is 1. The van der Waals surface area contributed by atoms with E-state index in [-0.39, 0.29) is 12.5 Å². The SMILES string of the molecule is O=C(O)CC1CN(CC2Cc3ccccc3S2)CCO1. The summed E-state index contributed by atoms with van der Waals surface area (Å²) in [5, 5.41) is 9.43. The highest BCUT2D eigenvalue weighted by atomic mass is 32.2. The molecule has 4 nitrogen and oxygen atoms in total. The molecule has 1 fully saturated rings. The first-order chi connectivity index (χ1) is 9.70. The Balaban J connectivity index is 1.53. The largest absolute Gasteiger partial charge is 0.481 e. The number of hydrogen-bond acceptors (Lipinski definition) is 4. The molecule has 0 aromatic heterocycles. The molecule has 2 aliphatic heterocycles. The van der Waals surface area contributed by atoms with Crippen LogP contribution in [-0.2, 0) is 16.0 Å². The highest BCUT2D eigenvalue weighted by Gasteiger charge is 2.28. The van der Waals surface area contributed by atoms with E-state index in [1.54, 1.807) is 0 Å². The minimum absolute atomic E-state index is 0.106. The molecule has 2 heterocycles. The van der Waals surface area contributed by atoms with Gasteiger partial charge < -0.3 is 9.84 Å². The van der Waals surface area contributed by atoms with Gasteiger partial charge in [-0.2, -0.15) is 0 Å². The summed E-state index contributed by atoms with van der Waals surface area (Å²) in [5.41, 5.74) is 1.44. The standard InChI is InChI=1S/C15H19NO3S/c17-15(18)8-12-9-16(5-6-19-12)10-13-7-11-3-1-2-4-14(11)20-13/h1-4,12-13H,5-10H2,(H,17,18). The number of thioether (sulfide) groups is 1. The summed E-state index contributed by atoms with van der Waals surface area (Å²) in [6, 6.07) is 8.58. The third kappa shape index (κ3) is 3.34. The molecule has 0 saturated carbocycles. The normalized spacial score (nSPS) is 26.4. The lowest BCUT2D eigenvalue weighted by Crippen LogP contribution is -2.45. The Labute approximate surface area is 123 Å². The van der Waals surface area contributed by atoms with Crippen molar-refractivity contribution < 1.29 is 14.6 Å². The maximum Gasteiger partial charge on any atom is 0.306 e. The molecule has 0 aliphatic carbocycles. The van der Waals surface area contributed by atoms with Crippen molar-refractivity contribution in [2.24, 2.45) is 0 Å². The van der Waals surface area contributed by atoms with E-state index >= 15 is 0 Å². The number of morpholine rings is 1. The Morgan fingerprint density at radius 2 is 2.30 bits per heavy atom. The van der Waals surface area contributed by atoms with E-state index in [4.69, 9.17) is 9.84 Å². The topological polar surface area (TPSA) is 49.8 Å². The predicted molar refractivity (Wildman–Crippen MR) is 78.2 cm³/mol. The number of aliphatic carboxylic acids is 1. The van der Waals surface area contributed by atoms with Gasteiger partial charge in [0.1, 0.15) is 0 Å². The Hall–Kier alpha value is -1.04. The molecule has 0 amide bonds. The molecular formula is C15H19NO3S. The van der Waals surface area contributed by atoms with Gasteiger partial charge in [0.15, 0.2) is 0 Å². The predicted octanol–water partition coefficient (Wildman–Crippen LogP) is 1.88. The van der Waals surface area contributed by atoms with Crippen LogP contribution < -0.4 is 0 Å². The van der Waals surface area contributed by atoms with Gasteiger partial charge in [-0.1, -0.05) is 18.2 Å². The summed E-state index contributed by atoms with van der Waals surface area (Å²) in [7, 11) is 0. The molecule has 1 aromatic carbocycles. The fraction of sp³-hybridized carbons (Fsp3) is 0.533. The van der Waals surface area contributed by atoms with Crippen molar-refractivity contribution >= 4 is 17.7 Å². The van der Waals surface area contributed by atoms with Crippen molar-refractivity contribution in [2.45, 2.75) is 29.1 Å². The van der Waals surface area contributed by atoms with Crippen molar-refractivity contribution in [3.05, 3.63) is 29.8 Å². The van der Waals surface area contributed by atoms with Crippen LogP contribution in [0, 0.1) is 0 Å². The van der Waals surface area contributed by atoms with E-state index < -0.39 is 5.97 Å². The first-order valence-electron chi connectivity index (χ1n) is 7.01. The number of hydrogen-bond donors (Lipinski definition) is 1. The Morgan fingerprint density at radius 3 is 3.10 bits per heavy atom. The van der Waals surface area contributed by atoms with E-state index in [1.807, 2.05) is 11.8 Å². The van der Waals surface area contributed by atoms with Crippen molar-refractivity contribution in [1.29, 1.82) is 0 Å². The van der Waals surface area contributed by atoms with Crippen molar-refractivity contribution in [1.82, 2.24) is 4.90 Å². The summed E-state index contributed by atoms with van der Waals surface area (Å²) in [6.07, 6.45) is 1.06. The molecule has 1 N–H and O–H groups in total. The molecular weight excluding hydrogens is 274 g/mol. The maximum absolute atomic E-state index is 10.8. The summed E-state index contributed by atoms with van der Waals surface area (Å²) in [6.45, 7) is 3.30. The zero-order valence-corrected chi connectivity index (χ0v) is 12.1. The zero-order chi connectivity index (χ0) is 13.9. The van der Waals surface area contributed by atoms with Gasteiger partial charge in [0.25, 0.3) is 0 Å². The van der Waals surface area contributed by atoms with Crippen LogP contribution in [0.1, 0.15) is 12.0 Å². The summed E-state index contributed by atoms with van der Waals surface area (Å²) < 4.78 is 5.52. The van der Waals surface area contributed by atoms with Crippen molar-refractivity contribution in [3.8, 4) is 0 Å². The molecule has 20 heavy (non-hydrogen) atoms. The fourth-order valence-electron chi connectivity index (χ4n) is 2.91. The second kappa shape index (κ2) is 6.16. The van der Waals surface area contributed by atoms with E-state index in [0.29, 0.717) is 11.9 Å². The number of rotatable bonds is 4. The second-order valence-electron chi connectivity index (χ2n) is 5.40. The fourth-order valence-corrected chi connectivity index (χ4v) is 4.28. The van der Waals surface area contributed by atoms with Crippen molar-refractivity contribution in [3.63, 3.8) is 0 Å². The minimum Gasteiger partial charge on any atom is -0.481 e. The van der Waals surface area contributed by atoms with Gasteiger partial charge in [0.2, 0.25) is 0 Å². The number of carbonyl (C=O) groups is 1. The van der Waals surface area contributed by atoms with Gasteiger partial charge in [-0.3, -0.25) is 9.69 Å². The maximum atomic E-state index is 10.8. The van der Waals surface area contributed by atoms with E-state index in [0.717, 1.165) is 26.1 Å². The summed E-state index contributed by atoms with van der Waals surface area (Å²) in [4.78, 5) is 14.5. The van der Waals surface area contributed by atoms with Crippen LogP contribution in [0.25, 0.3) is 0 Å². The van der Waals surface area contributed by atoms with Crippen LogP contribution >= 0.6 is 11.8 Å². The Morgan fingerprint density at radius 1 is 1.45 bits per heavy atom. The third-order valence-electron chi connectivity index (χ3n) is 3.80. The molecule has 0 radical (unpaired) electrons. The Kier molecular flexibility index (Phi) is 4.29. The lowest BCUT2D eigenvalue weighted by atomic mass is 10.1. The molecule has 2 aliphatic rings. The van der Waals surface area contributed by atoms with Gasteiger partial charge in [0.05, 0.1) is 19.1 Å². The van der Waals surface area contributed by atoms with Crippen LogP contribution in [0.2, 0.25) is 0 Å².